The van der Waals surface area contributed by atoms with Crippen LogP contribution in [-0.2, 0) is 0 Å². The molecule has 20 heavy (non-hydrogen) atoms. The number of hydrogen-bond donors (Lipinski definition) is 0. The van der Waals surface area contributed by atoms with Gasteiger partial charge in [0.05, 0.1) is 0 Å². The van der Waals surface area contributed by atoms with Gasteiger partial charge in [-0.05, 0) is 70.0 Å². The predicted molar refractivity (Wildman–Crippen MR) is 88.1 cm³/mol. The third kappa shape index (κ3) is 3.22. The van der Waals surface area contributed by atoms with E-state index in [4.69, 9.17) is 0 Å². The first-order valence-electron chi connectivity index (χ1n) is 8.50. The Morgan fingerprint density at radius 1 is 1.00 bits per heavy atom. The van der Waals surface area contributed by atoms with E-state index in [1.807, 2.05) is 0 Å². The van der Waals surface area contributed by atoms with E-state index in [-0.39, 0.29) is 0 Å². The van der Waals surface area contributed by atoms with E-state index < -0.39 is 0 Å². The van der Waals surface area contributed by atoms with Crippen LogP contribution < -0.4 is 0 Å². The lowest BCUT2D eigenvalue weighted by Gasteiger charge is -2.60. The number of nitrogens with zero attached hydrogens (tertiary/aromatic N) is 2. The fourth-order valence-electron chi connectivity index (χ4n) is 4.03. The van der Waals surface area contributed by atoms with Crippen LogP contribution in [0.3, 0.4) is 0 Å². The minimum atomic E-state index is 0.350. The second-order valence-electron chi connectivity index (χ2n) is 9.29. The van der Waals surface area contributed by atoms with Crippen LogP contribution in [0.25, 0.3) is 0 Å². The average molecular weight is 280 g/mol. The normalized spacial score (nSPS) is 25.2. The summed E-state index contributed by atoms with van der Waals surface area (Å²) in [5, 5.41) is 0. The van der Waals surface area contributed by atoms with Gasteiger partial charge in [-0.15, -0.1) is 0 Å². The summed E-state index contributed by atoms with van der Waals surface area (Å²) in [4.78, 5) is 5.24. The van der Waals surface area contributed by atoms with Gasteiger partial charge in [-0.25, -0.2) is 0 Å². The van der Waals surface area contributed by atoms with E-state index in [2.05, 4.69) is 58.4 Å². The molecule has 118 valence electrons. The van der Waals surface area contributed by atoms with Gasteiger partial charge in [0.15, 0.2) is 0 Å². The van der Waals surface area contributed by atoms with Crippen molar-refractivity contribution >= 4 is 0 Å². The lowest BCUT2D eigenvalue weighted by molar-refractivity contribution is -0.106. The molecule has 1 spiro atoms. The Kier molecular flexibility index (Phi) is 4.30. The molecule has 2 aliphatic heterocycles. The highest BCUT2D eigenvalue weighted by Gasteiger charge is 2.49. The van der Waals surface area contributed by atoms with Crippen LogP contribution in [0.2, 0.25) is 0 Å². The molecule has 0 amide bonds. The fourth-order valence-corrected chi connectivity index (χ4v) is 4.03. The maximum atomic E-state index is 2.75. The monoisotopic (exact) mass is 280 g/mol. The van der Waals surface area contributed by atoms with E-state index in [9.17, 15) is 0 Å². The Balaban J connectivity index is 1.90. The van der Waals surface area contributed by atoms with Gasteiger partial charge in [-0.1, -0.05) is 27.7 Å². The number of rotatable bonds is 4. The largest absolute Gasteiger partial charge is 0.306 e. The van der Waals surface area contributed by atoms with Crippen molar-refractivity contribution in [3.63, 3.8) is 0 Å². The maximum absolute atomic E-state index is 2.75. The summed E-state index contributed by atoms with van der Waals surface area (Å²) >= 11 is 0. The van der Waals surface area contributed by atoms with Gasteiger partial charge >= 0.3 is 0 Å². The van der Waals surface area contributed by atoms with Crippen LogP contribution >= 0.6 is 0 Å². The smallest absolute Gasteiger partial charge is 0.0158 e. The molecule has 2 heteroatoms. The van der Waals surface area contributed by atoms with Crippen molar-refractivity contribution in [3.8, 4) is 0 Å². The molecule has 0 saturated carbocycles. The molecule has 2 rings (SSSR count). The Bertz CT molecular complexity index is 327. The van der Waals surface area contributed by atoms with E-state index >= 15 is 0 Å². The van der Waals surface area contributed by atoms with Crippen molar-refractivity contribution in [1.82, 2.24) is 9.80 Å². The van der Waals surface area contributed by atoms with Crippen molar-refractivity contribution in [2.45, 2.75) is 66.3 Å². The molecule has 0 aliphatic carbocycles. The maximum Gasteiger partial charge on any atom is 0.0158 e. The average Bonchev–Trinajstić information content (AvgIpc) is 2.25. The van der Waals surface area contributed by atoms with Crippen LogP contribution in [-0.4, -0.2) is 48.6 Å². The quantitative estimate of drug-likeness (QED) is 0.771. The topological polar surface area (TPSA) is 6.48 Å². The lowest BCUT2D eigenvalue weighted by Crippen LogP contribution is -2.66. The van der Waals surface area contributed by atoms with Crippen molar-refractivity contribution < 1.29 is 0 Å². The Hall–Kier alpha value is -0.0800. The zero-order chi connectivity index (χ0) is 15.2. The van der Waals surface area contributed by atoms with Gasteiger partial charge in [0.2, 0.25) is 0 Å². The standard InChI is InChI=1S/C18H36N2/c1-15(2)16(3,4)12-17(5,6)20-13-18(14-20)8-10-19(7)11-9-18/h15H,8-14H2,1-7H3. The first-order chi connectivity index (χ1) is 9.06. The fraction of sp³-hybridized carbons (Fsp3) is 1.00. The molecular weight excluding hydrogens is 244 g/mol. The second kappa shape index (κ2) is 5.28. The van der Waals surface area contributed by atoms with Crippen molar-refractivity contribution in [2.75, 3.05) is 33.2 Å². The summed E-state index contributed by atoms with van der Waals surface area (Å²) in [6.45, 7) is 19.8. The Morgan fingerprint density at radius 3 is 1.95 bits per heavy atom. The molecule has 0 bridgehead atoms. The molecule has 0 N–H and O–H groups in total. The molecule has 0 aromatic carbocycles. The third-order valence-electron chi connectivity index (χ3n) is 6.41. The summed E-state index contributed by atoms with van der Waals surface area (Å²) in [6.07, 6.45) is 4.11. The molecular formula is C18H36N2. The second-order valence-corrected chi connectivity index (χ2v) is 9.29. The Morgan fingerprint density at radius 2 is 1.50 bits per heavy atom. The molecule has 2 heterocycles. The molecule has 2 saturated heterocycles. The van der Waals surface area contributed by atoms with Crippen molar-refractivity contribution in [3.05, 3.63) is 0 Å². The van der Waals surface area contributed by atoms with Gasteiger partial charge in [0.25, 0.3) is 0 Å². The molecule has 0 radical (unpaired) electrons. The number of piperidine rings is 1. The van der Waals surface area contributed by atoms with Crippen LogP contribution in [0.5, 0.6) is 0 Å². The minimum Gasteiger partial charge on any atom is -0.306 e. The van der Waals surface area contributed by atoms with Crippen LogP contribution in [0.1, 0.15) is 60.8 Å². The minimum absolute atomic E-state index is 0.350. The highest BCUT2D eigenvalue weighted by atomic mass is 15.3. The first kappa shape index (κ1) is 16.3. The molecule has 0 aromatic rings. The molecule has 0 aromatic heterocycles. The van der Waals surface area contributed by atoms with Gasteiger partial charge in [0.1, 0.15) is 0 Å². The number of hydrogen-bond acceptors (Lipinski definition) is 2. The van der Waals surface area contributed by atoms with Gasteiger partial charge in [-0.3, -0.25) is 4.90 Å². The first-order valence-corrected chi connectivity index (χ1v) is 8.50. The third-order valence-corrected chi connectivity index (χ3v) is 6.41. The van der Waals surface area contributed by atoms with E-state index in [0.717, 1.165) is 5.92 Å². The predicted octanol–water partition coefficient (Wildman–Crippen LogP) is 3.86. The van der Waals surface area contributed by atoms with Crippen molar-refractivity contribution in [2.24, 2.45) is 16.7 Å². The van der Waals surface area contributed by atoms with Gasteiger partial charge in [-0.2, -0.15) is 0 Å². The summed E-state index contributed by atoms with van der Waals surface area (Å²) in [6, 6.07) is 0. The van der Waals surface area contributed by atoms with Crippen LogP contribution in [0.4, 0.5) is 0 Å². The molecule has 0 atom stereocenters. The highest BCUT2D eigenvalue weighted by molar-refractivity contribution is 5.03. The van der Waals surface area contributed by atoms with Crippen LogP contribution in [0, 0.1) is 16.7 Å². The number of likely N-dealkylation sites (tertiary alicyclic amines) is 2. The molecule has 2 fully saturated rings. The Labute approximate surface area is 126 Å². The van der Waals surface area contributed by atoms with E-state index in [1.165, 1.54) is 45.4 Å². The van der Waals surface area contributed by atoms with Gasteiger partial charge in [0, 0.05) is 18.6 Å². The summed E-state index contributed by atoms with van der Waals surface area (Å²) in [5.74, 6) is 0.750. The van der Waals surface area contributed by atoms with E-state index in [0.29, 0.717) is 16.4 Å². The molecule has 2 nitrogen and oxygen atoms in total. The lowest BCUT2D eigenvalue weighted by atomic mass is 9.66. The zero-order valence-electron chi connectivity index (χ0n) is 14.9. The van der Waals surface area contributed by atoms with Crippen molar-refractivity contribution in [1.29, 1.82) is 0 Å². The summed E-state index contributed by atoms with van der Waals surface area (Å²) in [7, 11) is 2.26. The molecule has 0 unspecified atom stereocenters. The summed E-state index contributed by atoms with van der Waals surface area (Å²) < 4.78 is 0. The molecule has 2 aliphatic rings. The highest BCUT2D eigenvalue weighted by Crippen LogP contribution is 2.46. The van der Waals surface area contributed by atoms with Crippen LogP contribution in [0.15, 0.2) is 0 Å². The van der Waals surface area contributed by atoms with Gasteiger partial charge < -0.3 is 4.90 Å². The SMILES string of the molecule is CC(C)C(C)(C)CC(C)(C)N1CC2(CCN(C)CC2)C1. The van der Waals surface area contributed by atoms with E-state index in [1.54, 1.807) is 0 Å². The zero-order valence-corrected chi connectivity index (χ0v) is 14.9. The summed E-state index contributed by atoms with van der Waals surface area (Å²) in [5.41, 5.74) is 1.44.